The Labute approximate surface area is 204 Å². The van der Waals surface area contributed by atoms with Crippen LogP contribution in [0.2, 0.25) is 5.02 Å². The lowest BCUT2D eigenvalue weighted by molar-refractivity contribution is -0.141. The molecular formula is C23H27ClF3N3O3S. The van der Waals surface area contributed by atoms with Gasteiger partial charge in [-0.3, -0.25) is 4.79 Å². The summed E-state index contributed by atoms with van der Waals surface area (Å²) >= 11 is 4.15. The average Bonchev–Trinajstić information content (AvgIpc) is 2.78. The van der Waals surface area contributed by atoms with Crippen molar-refractivity contribution in [3.8, 4) is 0 Å². The number of benzene rings is 1. The van der Waals surface area contributed by atoms with E-state index in [-0.39, 0.29) is 29.0 Å². The van der Waals surface area contributed by atoms with Crippen molar-refractivity contribution >= 4 is 34.4 Å². The predicted molar refractivity (Wildman–Crippen MR) is 126 cm³/mol. The molecule has 2 unspecified atom stereocenters. The molecular weight excluding hydrogens is 491 g/mol. The zero-order valence-electron chi connectivity index (χ0n) is 18.9. The van der Waals surface area contributed by atoms with E-state index in [1.54, 1.807) is 25.1 Å². The molecule has 2 aromatic rings. The SMILES string of the molecule is CC1CCN(c2nc(C(F)(F)F)ccc2CNC(=O)C(C)c2ccc(CS(=O)O)c(Cl)c2)CC1. The third kappa shape index (κ3) is 6.70. The molecule has 1 aliphatic heterocycles. The second-order valence-electron chi connectivity index (χ2n) is 8.60. The molecule has 0 spiro atoms. The van der Waals surface area contributed by atoms with Gasteiger partial charge in [0, 0.05) is 30.2 Å². The Morgan fingerprint density at radius 2 is 1.91 bits per heavy atom. The molecule has 2 N–H and O–H groups in total. The van der Waals surface area contributed by atoms with Crippen molar-refractivity contribution in [2.45, 2.75) is 51.1 Å². The summed E-state index contributed by atoms with van der Waals surface area (Å²) in [5.41, 5.74) is 0.672. The Balaban J connectivity index is 1.75. The first-order valence-electron chi connectivity index (χ1n) is 10.9. The summed E-state index contributed by atoms with van der Waals surface area (Å²) in [6.45, 7) is 5.04. The molecule has 1 aliphatic rings. The summed E-state index contributed by atoms with van der Waals surface area (Å²) < 4.78 is 59.9. The van der Waals surface area contributed by atoms with Crippen molar-refractivity contribution in [1.29, 1.82) is 0 Å². The first kappa shape index (κ1) is 26.4. The van der Waals surface area contributed by atoms with Gasteiger partial charge >= 0.3 is 6.18 Å². The number of nitrogens with one attached hydrogen (secondary N) is 1. The third-order valence-electron chi connectivity index (χ3n) is 6.03. The van der Waals surface area contributed by atoms with E-state index in [9.17, 15) is 22.2 Å². The third-order valence-corrected chi connectivity index (χ3v) is 6.94. The molecule has 1 aromatic heterocycles. The number of hydrogen-bond acceptors (Lipinski definition) is 4. The Morgan fingerprint density at radius 3 is 2.50 bits per heavy atom. The fraction of sp³-hybridized carbons (Fsp3) is 0.478. The average molecular weight is 518 g/mol. The Kier molecular flexibility index (Phi) is 8.59. The number of alkyl halides is 3. The maximum absolute atomic E-state index is 13.3. The van der Waals surface area contributed by atoms with Gasteiger partial charge in [0.25, 0.3) is 0 Å². The number of hydrogen-bond donors (Lipinski definition) is 2. The number of amides is 1. The highest BCUT2D eigenvalue weighted by Gasteiger charge is 2.34. The van der Waals surface area contributed by atoms with Crippen LogP contribution in [0.4, 0.5) is 19.0 Å². The molecule has 2 heterocycles. The van der Waals surface area contributed by atoms with Gasteiger partial charge in [-0.1, -0.05) is 36.7 Å². The van der Waals surface area contributed by atoms with Gasteiger partial charge in [0.05, 0.1) is 11.7 Å². The minimum Gasteiger partial charge on any atom is -0.356 e. The first-order valence-corrected chi connectivity index (χ1v) is 12.6. The van der Waals surface area contributed by atoms with E-state index in [1.165, 1.54) is 6.07 Å². The number of aromatic nitrogens is 1. The number of halogens is 4. The molecule has 1 amide bonds. The molecule has 0 radical (unpaired) electrons. The smallest absolute Gasteiger partial charge is 0.356 e. The number of nitrogens with zero attached hydrogens (tertiary/aromatic N) is 2. The second kappa shape index (κ2) is 11.0. The van der Waals surface area contributed by atoms with Crippen LogP contribution in [0.25, 0.3) is 0 Å². The topological polar surface area (TPSA) is 82.5 Å². The zero-order chi connectivity index (χ0) is 25.0. The molecule has 34 heavy (non-hydrogen) atoms. The quantitative estimate of drug-likeness (QED) is 0.497. The first-order chi connectivity index (χ1) is 16.0. The summed E-state index contributed by atoms with van der Waals surface area (Å²) in [6, 6.07) is 7.15. The second-order valence-corrected chi connectivity index (χ2v) is 9.94. The van der Waals surface area contributed by atoms with Crippen molar-refractivity contribution in [2.24, 2.45) is 5.92 Å². The van der Waals surface area contributed by atoms with Gasteiger partial charge in [0.15, 0.2) is 11.1 Å². The van der Waals surface area contributed by atoms with E-state index in [0.717, 1.165) is 18.9 Å². The standard InChI is InChI=1S/C23H27ClF3N3O3S/c1-14-7-9-30(10-8-14)21-17(5-6-20(29-21)23(25,26)27)12-28-22(31)15(2)16-3-4-18(13-34(32)33)19(24)11-16/h3-6,11,14-15H,7-10,12-13H2,1-2H3,(H,28,31)(H,32,33). The van der Waals surface area contributed by atoms with Crippen molar-refractivity contribution in [2.75, 3.05) is 18.0 Å². The van der Waals surface area contributed by atoms with Crippen LogP contribution >= 0.6 is 11.6 Å². The highest BCUT2D eigenvalue weighted by Crippen LogP contribution is 2.32. The molecule has 1 aromatic carbocycles. The largest absolute Gasteiger partial charge is 0.433 e. The summed E-state index contributed by atoms with van der Waals surface area (Å²) in [4.78, 5) is 18.5. The van der Waals surface area contributed by atoms with Gasteiger partial charge in [-0.2, -0.15) is 13.2 Å². The summed E-state index contributed by atoms with van der Waals surface area (Å²) in [7, 11) is 0. The number of anilines is 1. The van der Waals surface area contributed by atoms with E-state index in [4.69, 9.17) is 16.2 Å². The van der Waals surface area contributed by atoms with Crippen LogP contribution in [0.5, 0.6) is 0 Å². The van der Waals surface area contributed by atoms with Crippen LogP contribution in [0.1, 0.15) is 55.0 Å². The highest BCUT2D eigenvalue weighted by molar-refractivity contribution is 7.78. The summed E-state index contributed by atoms with van der Waals surface area (Å²) in [5, 5.41) is 3.08. The molecule has 1 fully saturated rings. The van der Waals surface area contributed by atoms with Gasteiger partial charge in [-0.15, -0.1) is 0 Å². The normalized spacial score (nSPS) is 16.9. The number of carbonyl (C=O) groups excluding carboxylic acids is 1. The molecule has 6 nitrogen and oxygen atoms in total. The molecule has 1 saturated heterocycles. The van der Waals surface area contributed by atoms with Crippen LogP contribution in [0.15, 0.2) is 30.3 Å². The van der Waals surface area contributed by atoms with E-state index in [0.29, 0.717) is 35.7 Å². The predicted octanol–water partition coefficient (Wildman–Crippen LogP) is 5.13. The monoisotopic (exact) mass is 517 g/mol. The number of piperidine rings is 1. The Hall–Kier alpha value is -2.17. The molecule has 3 rings (SSSR count). The van der Waals surface area contributed by atoms with Crippen LogP contribution in [0, 0.1) is 5.92 Å². The maximum Gasteiger partial charge on any atom is 0.433 e. The minimum atomic E-state index is -4.55. The van der Waals surface area contributed by atoms with E-state index < -0.39 is 28.9 Å². The molecule has 0 bridgehead atoms. The molecule has 0 aliphatic carbocycles. The number of carbonyl (C=O) groups is 1. The fourth-order valence-corrected chi connectivity index (χ4v) is 4.69. The molecule has 2 atom stereocenters. The Morgan fingerprint density at radius 1 is 1.26 bits per heavy atom. The molecule has 0 saturated carbocycles. The van der Waals surface area contributed by atoms with E-state index in [2.05, 4.69) is 17.2 Å². The van der Waals surface area contributed by atoms with Crippen molar-refractivity contribution < 1.29 is 26.7 Å². The van der Waals surface area contributed by atoms with E-state index in [1.807, 2.05) is 4.90 Å². The van der Waals surface area contributed by atoms with Crippen LogP contribution < -0.4 is 10.2 Å². The van der Waals surface area contributed by atoms with Crippen molar-refractivity contribution in [3.05, 3.63) is 57.7 Å². The number of pyridine rings is 1. The lowest BCUT2D eigenvalue weighted by atomic mass is 9.98. The Bertz CT molecular complexity index is 1060. The van der Waals surface area contributed by atoms with Crippen molar-refractivity contribution in [1.82, 2.24) is 10.3 Å². The fourth-order valence-electron chi connectivity index (χ4n) is 3.84. The van der Waals surface area contributed by atoms with Gasteiger partial charge < -0.3 is 14.8 Å². The molecule has 11 heteroatoms. The van der Waals surface area contributed by atoms with Crippen LogP contribution in [-0.2, 0) is 34.3 Å². The zero-order valence-corrected chi connectivity index (χ0v) is 20.4. The maximum atomic E-state index is 13.3. The summed E-state index contributed by atoms with van der Waals surface area (Å²) in [6.07, 6.45) is -2.83. The van der Waals surface area contributed by atoms with Crippen LogP contribution in [0.3, 0.4) is 0 Å². The van der Waals surface area contributed by atoms with Gasteiger partial charge in [-0.05, 0) is 48.9 Å². The lowest BCUT2D eigenvalue weighted by Gasteiger charge is -2.33. The highest BCUT2D eigenvalue weighted by atomic mass is 35.5. The summed E-state index contributed by atoms with van der Waals surface area (Å²) in [5.74, 6) is -0.278. The van der Waals surface area contributed by atoms with E-state index >= 15 is 0 Å². The van der Waals surface area contributed by atoms with Gasteiger partial charge in [0.1, 0.15) is 11.5 Å². The van der Waals surface area contributed by atoms with Gasteiger partial charge in [0.2, 0.25) is 5.91 Å². The van der Waals surface area contributed by atoms with Gasteiger partial charge in [-0.25, -0.2) is 9.19 Å². The molecule has 186 valence electrons. The van der Waals surface area contributed by atoms with Crippen molar-refractivity contribution in [3.63, 3.8) is 0 Å². The number of rotatable bonds is 7. The van der Waals surface area contributed by atoms with Crippen LogP contribution in [-0.4, -0.2) is 32.7 Å². The lowest BCUT2D eigenvalue weighted by Crippen LogP contribution is -2.35. The minimum absolute atomic E-state index is 0.0327.